The number of sulfonamides is 1. The molecule has 1 atom stereocenters. The second-order valence-corrected chi connectivity index (χ2v) is 11.5. The van der Waals surface area contributed by atoms with Gasteiger partial charge in [0, 0.05) is 13.1 Å². The second-order valence-electron chi connectivity index (χ2n) is 7.35. The minimum absolute atomic E-state index is 0.121. The van der Waals surface area contributed by atoms with Crippen molar-refractivity contribution in [2.75, 3.05) is 24.6 Å². The van der Waals surface area contributed by atoms with Crippen LogP contribution in [0.2, 0.25) is 0 Å². The summed E-state index contributed by atoms with van der Waals surface area (Å²) in [5.41, 5.74) is 7.35. The second kappa shape index (κ2) is 9.57. The molecule has 8 nitrogen and oxygen atoms in total. The van der Waals surface area contributed by atoms with Crippen molar-refractivity contribution in [1.29, 1.82) is 0 Å². The van der Waals surface area contributed by atoms with Crippen LogP contribution in [-0.4, -0.2) is 52.6 Å². The van der Waals surface area contributed by atoms with Crippen molar-refractivity contribution in [2.24, 2.45) is 0 Å². The first-order valence-electron chi connectivity index (χ1n) is 10.0. The minimum atomic E-state index is -3.81. The van der Waals surface area contributed by atoms with E-state index >= 15 is 0 Å². The first-order valence-corrected chi connectivity index (χ1v) is 13.2. The highest BCUT2D eigenvalue weighted by atomic mass is 32.2. The molecule has 0 aliphatic carbocycles. The summed E-state index contributed by atoms with van der Waals surface area (Å²) >= 11 is 2.47. The Morgan fingerprint density at radius 2 is 1.84 bits per heavy atom. The Morgan fingerprint density at radius 3 is 2.50 bits per heavy atom. The third-order valence-electron chi connectivity index (χ3n) is 5.13. The number of amides is 1. The summed E-state index contributed by atoms with van der Waals surface area (Å²) < 4.78 is 29.2. The van der Waals surface area contributed by atoms with Crippen LogP contribution in [0.4, 0.5) is 5.13 Å². The van der Waals surface area contributed by atoms with Gasteiger partial charge in [-0.3, -0.25) is 4.79 Å². The molecule has 0 bridgehead atoms. The van der Waals surface area contributed by atoms with Gasteiger partial charge in [-0.1, -0.05) is 71.1 Å². The smallest absolute Gasteiger partial charge is 0.245 e. The van der Waals surface area contributed by atoms with Crippen LogP contribution in [0.5, 0.6) is 0 Å². The number of hydrogen-bond donors (Lipinski definition) is 1. The normalized spacial score (nSPS) is 17.4. The number of rotatable bonds is 6. The largest absolute Gasteiger partial charge is 0.374 e. The van der Waals surface area contributed by atoms with Gasteiger partial charge in [0.25, 0.3) is 0 Å². The van der Waals surface area contributed by atoms with E-state index in [0.717, 1.165) is 11.1 Å². The van der Waals surface area contributed by atoms with Crippen LogP contribution in [0.25, 0.3) is 0 Å². The van der Waals surface area contributed by atoms with Gasteiger partial charge in [-0.25, -0.2) is 8.42 Å². The number of anilines is 1. The number of nitrogens with zero attached hydrogens (tertiary/aromatic N) is 4. The Balaban J connectivity index is 1.65. The lowest BCUT2D eigenvalue weighted by molar-refractivity contribution is -0.135. The van der Waals surface area contributed by atoms with E-state index in [4.69, 9.17) is 5.73 Å². The molecular formula is C21H23N5O3S3. The van der Waals surface area contributed by atoms with Gasteiger partial charge in [0.05, 0.1) is 10.6 Å². The maximum absolute atomic E-state index is 13.6. The van der Waals surface area contributed by atoms with E-state index in [-0.39, 0.29) is 16.6 Å². The standard InChI is InChI=1S/C21H23N5O3S3/c1-15-8-10-17(11-9-15)32(28,29)26-13-5-12-25(19(26)16-6-3-2-4-7-16)18(27)14-30-21-24-23-20(22)31-21/h2-4,6-11,19H,5,12-14H2,1H3,(H2,22,23)/t19-/m0/s1. The highest BCUT2D eigenvalue weighted by Crippen LogP contribution is 2.35. The summed E-state index contributed by atoms with van der Waals surface area (Å²) in [5.74, 6) is -0.0439. The number of nitrogen functional groups attached to an aromatic ring is 1. The van der Waals surface area contributed by atoms with E-state index in [1.807, 2.05) is 37.3 Å². The first kappa shape index (κ1) is 22.7. The Labute approximate surface area is 195 Å². The predicted octanol–water partition coefficient (Wildman–Crippen LogP) is 3.14. The summed E-state index contributed by atoms with van der Waals surface area (Å²) in [7, 11) is -3.81. The molecule has 1 aliphatic heterocycles. The van der Waals surface area contributed by atoms with E-state index in [0.29, 0.717) is 29.0 Å². The SMILES string of the molecule is Cc1ccc(S(=O)(=O)N2CCCN(C(=O)CSc3nnc(N)s3)[C@@H]2c2ccccc2)cc1. The number of nitrogens with two attached hydrogens (primary N) is 1. The van der Waals surface area contributed by atoms with Gasteiger partial charge in [-0.2, -0.15) is 4.31 Å². The average molecular weight is 490 g/mol. The fourth-order valence-corrected chi connectivity index (χ4v) is 6.75. The van der Waals surface area contributed by atoms with E-state index in [2.05, 4.69) is 10.2 Å². The molecule has 1 fully saturated rings. The summed E-state index contributed by atoms with van der Waals surface area (Å²) in [5, 5.41) is 8.05. The molecule has 1 aliphatic rings. The lowest BCUT2D eigenvalue weighted by Crippen LogP contribution is -2.52. The number of aryl methyl sites for hydroxylation is 1. The maximum Gasteiger partial charge on any atom is 0.245 e. The molecule has 2 heterocycles. The molecule has 1 amide bonds. The third kappa shape index (κ3) is 4.80. The fraction of sp³-hybridized carbons (Fsp3) is 0.286. The number of aromatic nitrogens is 2. The molecule has 32 heavy (non-hydrogen) atoms. The average Bonchev–Trinajstić information content (AvgIpc) is 3.23. The number of benzene rings is 2. The zero-order chi connectivity index (χ0) is 22.7. The maximum atomic E-state index is 13.6. The van der Waals surface area contributed by atoms with Gasteiger partial charge in [-0.05, 0) is 31.0 Å². The van der Waals surface area contributed by atoms with Gasteiger partial charge < -0.3 is 10.6 Å². The van der Waals surface area contributed by atoms with E-state index in [9.17, 15) is 13.2 Å². The van der Waals surface area contributed by atoms with Crippen molar-refractivity contribution in [3.05, 3.63) is 65.7 Å². The molecule has 4 rings (SSSR count). The molecule has 1 aromatic heterocycles. The fourth-order valence-electron chi connectivity index (χ4n) is 3.61. The Hall–Kier alpha value is -2.47. The van der Waals surface area contributed by atoms with Crippen molar-refractivity contribution in [3.63, 3.8) is 0 Å². The van der Waals surface area contributed by atoms with Crippen molar-refractivity contribution in [1.82, 2.24) is 19.4 Å². The van der Waals surface area contributed by atoms with Crippen molar-refractivity contribution in [3.8, 4) is 0 Å². The molecule has 0 saturated carbocycles. The van der Waals surface area contributed by atoms with E-state index in [1.54, 1.807) is 29.2 Å². The van der Waals surface area contributed by atoms with Crippen LogP contribution >= 0.6 is 23.1 Å². The zero-order valence-corrected chi connectivity index (χ0v) is 19.9. The van der Waals surface area contributed by atoms with Gasteiger partial charge >= 0.3 is 0 Å². The van der Waals surface area contributed by atoms with Crippen LogP contribution in [-0.2, 0) is 14.8 Å². The molecule has 168 valence electrons. The molecule has 2 aromatic carbocycles. The molecule has 11 heteroatoms. The predicted molar refractivity (Wildman–Crippen MR) is 126 cm³/mol. The third-order valence-corrected chi connectivity index (χ3v) is 8.87. The van der Waals surface area contributed by atoms with Crippen LogP contribution < -0.4 is 5.73 Å². The molecule has 0 radical (unpaired) electrons. The quantitative estimate of drug-likeness (QED) is 0.530. The lowest BCUT2D eigenvalue weighted by Gasteiger charge is -2.43. The Morgan fingerprint density at radius 1 is 1.12 bits per heavy atom. The van der Waals surface area contributed by atoms with Crippen LogP contribution in [0.1, 0.15) is 23.7 Å². The van der Waals surface area contributed by atoms with Crippen LogP contribution in [0.3, 0.4) is 0 Å². The molecule has 3 aromatic rings. The van der Waals surface area contributed by atoms with Gasteiger partial charge in [0.1, 0.15) is 6.17 Å². The van der Waals surface area contributed by atoms with E-state index < -0.39 is 16.2 Å². The van der Waals surface area contributed by atoms with Gasteiger partial charge in [-0.15, -0.1) is 10.2 Å². The van der Waals surface area contributed by atoms with Crippen LogP contribution in [0.15, 0.2) is 63.8 Å². The molecule has 1 saturated heterocycles. The number of hydrogen-bond acceptors (Lipinski definition) is 8. The molecule has 2 N–H and O–H groups in total. The number of thioether (sulfide) groups is 1. The van der Waals surface area contributed by atoms with Crippen molar-refractivity contribution >= 4 is 44.2 Å². The van der Waals surface area contributed by atoms with Crippen molar-refractivity contribution < 1.29 is 13.2 Å². The summed E-state index contributed by atoms with van der Waals surface area (Å²) in [6.07, 6.45) is -0.166. The molecular weight excluding hydrogens is 466 g/mol. The lowest BCUT2D eigenvalue weighted by atomic mass is 10.1. The van der Waals surface area contributed by atoms with Gasteiger partial charge in [0.15, 0.2) is 4.34 Å². The Bertz CT molecular complexity index is 1180. The number of carbonyl (C=O) groups excluding carboxylic acids is 1. The van der Waals surface area contributed by atoms with Crippen LogP contribution in [0, 0.1) is 6.92 Å². The summed E-state index contributed by atoms with van der Waals surface area (Å²) in [6.45, 7) is 2.71. The minimum Gasteiger partial charge on any atom is -0.374 e. The summed E-state index contributed by atoms with van der Waals surface area (Å²) in [6, 6.07) is 16.1. The highest BCUT2D eigenvalue weighted by molar-refractivity contribution is 8.01. The van der Waals surface area contributed by atoms with Crippen molar-refractivity contribution in [2.45, 2.75) is 28.7 Å². The topological polar surface area (TPSA) is 109 Å². The monoisotopic (exact) mass is 489 g/mol. The number of carbonyl (C=O) groups is 1. The van der Waals surface area contributed by atoms with Gasteiger partial charge in [0.2, 0.25) is 21.1 Å². The first-order chi connectivity index (χ1) is 15.4. The molecule has 0 unspecified atom stereocenters. The highest BCUT2D eigenvalue weighted by Gasteiger charge is 2.40. The summed E-state index contributed by atoms with van der Waals surface area (Å²) in [4.78, 5) is 15.1. The zero-order valence-electron chi connectivity index (χ0n) is 17.4. The Kier molecular flexibility index (Phi) is 6.79. The molecule has 0 spiro atoms. The van der Waals surface area contributed by atoms with E-state index in [1.165, 1.54) is 27.4 Å².